The number of nitrogens with two attached hydrogens (primary N) is 1. The Morgan fingerprint density at radius 3 is 2.52 bits per heavy atom. The van der Waals surface area contributed by atoms with E-state index < -0.39 is 28.3 Å². The monoisotopic (exact) mass is 425 g/mol. The highest BCUT2D eigenvalue weighted by Crippen LogP contribution is 2.36. The summed E-state index contributed by atoms with van der Waals surface area (Å²) in [4.78, 5) is 21.7. The SMILES string of the molecule is N#Cc1cccc(-c2nc(N)nc3c2ncn3C(F)(F)c2ccc([N+](=O)[O-])cc2)c1F. The largest absolute Gasteiger partial charge is 0.368 e. The molecule has 0 saturated carbocycles. The Bertz CT molecular complexity index is 1380. The fourth-order valence-electron chi connectivity index (χ4n) is 3.03. The fourth-order valence-corrected chi connectivity index (χ4v) is 3.03. The third-order valence-electron chi connectivity index (χ3n) is 4.52. The van der Waals surface area contributed by atoms with E-state index in [1.54, 1.807) is 6.07 Å². The molecule has 4 aromatic rings. The summed E-state index contributed by atoms with van der Waals surface area (Å²) in [5.74, 6) is -1.31. The lowest BCUT2D eigenvalue weighted by Crippen LogP contribution is -2.24. The molecule has 0 bridgehead atoms. The molecule has 0 aliphatic heterocycles. The predicted octanol–water partition coefficient (Wildman–Crippen LogP) is 3.59. The summed E-state index contributed by atoms with van der Waals surface area (Å²) in [7, 11) is 0. The first-order valence-electron chi connectivity index (χ1n) is 8.57. The molecule has 154 valence electrons. The van der Waals surface area contributed by atoms with Gasteiger partial charge in [0.2, 0.25) is 5.95 Å². The smallest absolute Gasteiger partial charge is 0.358 e. The quantitative estimate of drug-likeness (QED) is 0.390. The Balaban J connectivity index is 1.91. The van der Waals surface area contributed by atoms with Crippen LogP contribution in [0.1, 0.15) is 11.1 Å². The van der Waals surface area contributed by atoms with E-state index in [9.17, 15) is 14.5 Å². The van der Waals surface area contributed by atoms with Gasteiger partial charge >= 0.3 is 6.05 Å². The summed E-state index contributed by atoms with van der Waals surface area (Å²) >= 11 is 0. The molecule has 12 heteroatoms. The van der Waals surface area contributed by atoms with E-state index in [1.165, 1.54) is 18.2 Å². The summed E-state index contributed by atoms with van der Waals surface area (Å²) in [6, 6.07) is 5.65. The van der Waals surface area contributed by atoms with Gasteiger partial charge in [-0.25, -0.2) is 18.9 Å². The minimum Gasteiger partial charge on any atom is -0.368 e. The molecule has 0 amide bonds. The number of nitro benzene ring substituents is 1. The maximum absolute atomic E-state index is 15.2. The summed E-state index contributed by atoms with van der Waals surface area (Å²) in [5, 5.41) is 19.8. The van der Waals surface area contributed by atoms with Gasteiger partial charge in [0, 0.05) is 23.3 Å². The molecule has 0 aliphatic carbocycles. The number of hydrogen-bond donors (Lipinski definition) is 1. The van der Waals surface area contributed by atoms with Crippen LogP contribution in [0.15, 0.2) is 48.8 Å². The molecule has 2 heterocycles. The van der Waals surface area contributed by atoms with Crippen molar-refractivity contribution in [1.29, 1.82) is 5.26 Å². The van der Waals surface area contributed by atoms with Crippen LogP contribution in [-0.4, -0.2) is 24.4 Å². The number of fused-ring (bicyclic) bond motifs is 1. The van der Waals surface area contributed by atoms with Crippen molar-refractivity contribution in [3.63, 3.8) is 0 Å². The summed E-state index contributed by atoms with van der Waals surface area (Å²) in [6.45, 7) is 0. The molecule has 0 atom stereocenters. The Kier molecular flexibility index (Phi) is 4.50. The number of rotatable bonds is 4. The van der Waals surface area contributed by atoms with Gasteiger partial charge in [-0.05, 0) is 24.3 Å². The lowest BCUT2D eigenvalue weighted by molar-refractivity contribution is -0.384. The van der Waals surface area contributed by atoms with Crippen LogP contribution in [-0.2, 0) is 6.05 Å². The maximum atomic E-state index is 15.2. The van der Waals surface area contributed by atoms with Crippen LogP contribution >= 0.6 is 0 Å². The molecule has 2 aromatic heterocycles. The molecule has 31 heavy (non-hydrogen) atoms. The zero-order valence-electron chi connectivity index (χ0n) is 15.3. The van der Waals surface area contributed by atoms with Crippen molar-refractivity contribution in [3.05, 3.63) is 75.9 Å². The molecule has 0 fully saturated rings. The minimum absolute atomic E-state index is 0.151. The lowest BCUT2D eigenvalue weighted by atomic mass is 10.1. The van der Waals surface area contributed by atoms with Crippen LogP contribution in [0.2, 0.25) is 0 Å². The summed E-state index contributed by atoms with van der Waals surface area (Å²) in [6.07, 6.45) is 0.787. The number of benzene rings is 2. The first kappa shape index (κ1) is 19.8. The number of imidazole rings is 1. The van der Waals surface area contributed by atoms with E-state index in [1.807, 2.05) is 0 Å². The normalized spacial score (nSPS) is 11.4. The van der Waals surface area contributed by atoms with E-state index >= 15 is 8.78 Å². The third kappa shape index (κ3) is 3.18. The van der Waals surface area contributed by atoms with Gasteiger partial charge in [0.25, 0.3) is 5.69 Å². The van der Waals surface area contributed by atoms with Crippen molar-refractivity contribution in [2.24, 2.45) is 0 Å². The predicted molar refractivity (Wildman–Crippen MR) is 102 cm³/mol. The van der Waals surface area contributed by atoms with Gasteiger partial charge in [-0.2, -0.15) is 19.0 Å². The van der Waals surface area contributed by atoms with Crippen molar-refractivity contribution in [2.45, 2.75) is 6.05 Å². The molecule has 0 spiro atoms. The van der Waals surface area contributed by atoms with E-state index in [0.717, 1.165) is 30.6 Å². The van der Waals surface area contributed by atoms with Gasteiger partial charge in [0.1, 0.15) is 29.4 Å². The van der Waals surface area contributed by atoms with Crippen LogP contribution in [0, 0.1) is 27.3 Å². The topological polar surface area (TPSA) is 137 Å². The van der Waals surface area contributed by atoms with Gasteiger partial charge < -0.3 is 5.73 Å². The van der Waals surface area contributed by atoms with Gasteiger partial charge in [-0.15, -0.1) is 0 Å². The highest BCUT2D eigenvalue weighted by atomic mass is 19.3. The van der Waals surface area contributed by atoms with Gasteiger partial charge in [-0.3, -0.25) is 10.1 Å². The number of nitrogen functional groups attached to an aromatic ring is 1. The average molecular weight is 425 g/mol. The number of nitro groups is 1. The standard InChI is InChI=1S/C19H10F3N7O2/c20-14-10(8-23)2-1-3-13(14)15-16-17(27-18(24)26-15)28(9-25-16)19(21,22)11-4-6-12(7-5-11)29(30)31/h1-7,9H,(H2,24,26,27). The second-order valence-electron chi connectivity index (χ2n) is 6.34. The molecule has 0 saturated heterocycles. The van der Waals surface area contributed by atoms with E-state index in [4.69, 9.17) is 11.0 Å². The van der Waals surface area contributed by atoms with Crippen LogP contribution in [0.5, 0.6) is 0 Å². The molecule has 0 aliphatic rings. The Labute approximate surface area is 171 Å². The molecule has 0 radical (unpaired) electrons. The number of alkyl halides is 2. The zero-order chi connectivity index (χ0) is 22.3. The number of nitriles is 1. The second kappa shape index (κ2) is 7.06. The van der Waals surface area contributed by atoms with Gasteiger partial charge in [0.15, 0.2) is 5.65 Å². The Hall–Kier alpha value is -4.53. The molecule has 2 N–H and O–H groups in total. The van der Waals surface area contributed by atoms with E-state index in [-0.39, 0.29) is 33.7 Å². The highest BCUT2D eigenvalue weighted by Gasteiger charge is 2.37. The lowest BCUT2D eigenvalue weighted by Gasteiger charge is -2.18. The molecular formula is C19H10F3N7O2. The third-order valence-corrected chi connectivity index (χ3v) is 4.52. The number of aromatic nitrogens is 4. The zero-order valence-corrected chi connectivity index (χ0v) is 15.3. The van der Waals surface area contributed by atoms with Crippen molar-refractivity contribution in [2.75, 3.05) is 5.73 Å². The first-order valence-corrected chi connectivity index (χ1v) is 8.57. The van der Waals surface area contributed by atoms with Crippen molar-refractivity contribution >= 4 is 22.8 Å². The molecular weight excluding hydrogens is 415 g/mol. The molecule has 9 nitrogen and oxygen atoms in total. The number of anilines is 1. The average Bonchev–Trinajstić information content (AvgIpc) is 3.18. The van der Waals surface area contributed by atoms with Crippen LogP contribution in [0.3, 0.4) is 0 Å². The van der Waals surface area contributed by atoms with E-state index in [2.05, 4.69) is 15.0 Å². The Morgan fingerprint density at radius 1 is 1.16 bits per heavy atom. The molecule has 4 rings (SSSR count). The van der Waals surface area contributed by atoms with Gasteiger partial charge in [-0.1, -0.05) is 6.07 Å². The molecule has 2 aromatic carbocycles. The first-order chi connectivity index (χ1) is 14.7. The number of nitrogens with zero attached hydrogens (tertiary/aromatic N) is 6. The van der Waals surface area contributed by atoms with Crippen LogP contribution in [0.25, 0.3) is 22.4 Å². The summed E-state index contributed by atoms with van der Waals surface area (Å²) in [5.41, 5.74) is 3.65. The molecule has 0 unspecified atom stereocenters. The summed E-state index contributed by atoms with van der Waals surface area (Å²) < 4.78 is 45.4. The van der Waals surface area contributed by atoms with Crippen LogP contribution < -0.4 is 5.73 Å². The fraction of sp³-hybridized carbons (Fsp3) is 0.0526. The Morgan fingerprint density at radius 2 is 1.87 bits per heavy atom. The second-order valence-corrected chi connectivity index (χ2v) is 6.34. The van der Waals surface area contributed by atoms with Crippen molar-refractivity contribution in [1.82, 2.24) is 19.5 Å². The van der Waals surface area contributed by atoms with Crippen molar-refractivity contribution < 1.29 is 18.1 Å². The maximum Gasteiger partial charge on any atom is 0.358 e. The number of non-ortho nitro benzene ring substituents is 1. The minimum atomic E-state index is -3.71. The number of hydrogen-bond acceptors (Lipinski definition) is 7. The van der Waals surface area contributed by atoms with E-state index in [0.29, 0.717) is 4.57 Å². The van der Waals surface area contributed by atoms with Crippen molar-refractivity contribution in [3.8, 4) is 17.3 Å². The highest BCUT2D eigenvalue weighted by molar-refractivity contribution is 5.89. The van der Waals surface area contributed by atoms with Gasteiger partial charge in [0.05, 0.1) is 10.5 Å². The van der Waals surface area contributed by atoms with Crippen LogP contribution in [0.4, 0.5) is 24.8 Å². The number of halogens is 3.